The van der Waals surface area contributed by atoms with Crippen molar-refractivity contribution in [1.82, 2.24) is 4.98 Å². The Kier molecular flexibility index (Phi) is 2.85. The van der Waals surface area contributed by atoms with Gasteiger partial charge in [0.1, 0.15) is 10.9 Å². The summed E-state index contributed by atoms with van der Waals surface area (Å²) in [5, 5.41) is 8.94. The summed E-state index contributed by atoms with van der Waals surface area (Å²) < 4.78 is 1.000. The van der Waals surface area contributed by atoms with Crippen LogP contribution < -0.4 is 0 Å². The molecule has 15 heavy (non-hydrogen) atoms. The number of aromatic nitrogens is 1. The highest BCUT2D eigenvalue weighted by Crippen LogP contribution is 2.29. The van der Waals surface area contributed by atoms with Crippen LogP contribution in [0.5, 0.6) is 0 Å². The molecule has 0 spiro atoms. The summed E-state index contributed by atoms with van der Waals surface area (Å²) in [5.41, 5.74) is 4.62. The van der Waals surface area contributed by atoms with Crippen LogP contribution in [0.1, 0.15) is 10.4 Å². The summed E-state index contributed by atoms with van der Waals surface area (Å²) in [4.78, 5) is 4.90. The number of rotatable bonds is 1. The molecule has 0 atom stereocenters. The molecular formula is C11H7BrN2S. The van der Waals surface area contributed by atoms with E-state index in [1.54, 1.807) is 5.51 Å². The Balaban J connectivity index is 2.64. The molecule has 1 heterocycles. The Morgan fingerprint density at radius 2 is 2.27 bits per heavy atom. The van der Waals surface area contributed by atoms with Crippen molar-refractivity contribution < 1.29 is 0 Å². The molecule has 0 bridgehead atoms. The van der Waals surface area contributed by atoms with Gasteiger partial charge in [-0.15, -0.1) is 11.3 Å². The van der Waals surface area contributed by atoms with Crippen LogP contribution in [0.2, 0.25) is 0 Å². The number of benzene rings is 1. The third-order valence-electron chi connectivity index (χ3n) is 2.12. The van der Waals surface area contributed by atoms with E-state index >= 15 is 0 Å². The van der Waals surface area contributed by atoms with Crippen molar-refractivity contribution >= 4 is 27.3 Å². The van der Waals surface area contributed by atoms with Gasteiger partial charge in [-0.25, -0.2) is 4.98 Å². The van der Waals surface area contributed by atoms with Gasteiger partial charge in [-0.1, -0.05) is 22.0 Å². The van der Waals surface area contributed by atoms with Crippen molar-refractivity contribution in [2.75, 3.05) is 0 Å². The molecule has 0 amide bonds. The summed E-state index contributed by atoms with van der Waals surface area (Å²) in [5.74, 6) is 0. The van der Waals surface area contributed by atoms with Gasteiger partial charge < -0.3 is 0 Å². The van der Waals surface area contributed by atoms with Gasteiger partial charge in [0.2, 0.25) is 0 Å². The number of nitrogens with zero attached hydrogens (tertiary/aromatic N) is 2. The molecule has 0 aliphatic rings. The molecule has 4 heteroatoms. The van der Waals surface area contributed by atoms with Crippen LogP contribution in [-0.4, -0.2) is 4.98 Å². The van der Waals surface area contributed by atoms with Crippen LogP contribution in [0, 0.1) is 18.3 Å². The van der Waals surface area contributed by atoms with E-state index < -0.39 is 0 Å². The highest BCUT2D eigenvalue weighted by Gasteiger charge is 2.10. The summed E-state index contributed by atoms with van der Waals surface area (Å²) in [6, 6.07) is 8.15. The lowest BCUT2D eigenvalue weighted by Gasteiger charge is -2.03. The lowest BCUT2D eigenvalue weighted by atomic mass is 10.1. The van der Waals surface area contributed by atoms with E-state index in [1.807, 2.05) is 25.1 Å². The van der Waals surface area contributed by atoms with Gasteiger partial charge in [0.25, 0.3) is 0 Å². The molecule has 2 rings (SSSR count). The first kappa shape index (κ1) is 10.3. The van der Waals surface area contributed by atoms with Gasteiger partial charge in [0.05, 0.1) is 11.2 Å². The van der Waals surface area contributed by atoms with Crippen LogP contribution in [0.4, 0.5) is 0 Å². The molecule has 74 valence electrons. The maximum Gasteiger partial charge on any atom is 0.132 e. The molecule has 1 aromatic carbocycles. The second kappa shape index (κ2) is 4.13. The normalized spacial score (nSPS) is 9.93. The third-order valence-corrected chi connectivity index (χ3v) is 3.35. The first-order valence-electron chi connectivity index (χ1n) is 4.32. The van der Waals surface area contributed by atoms with E-state index in [0.717, 1.165) is 21.3 Å². The Morgan fingerprint density at radius 1 is 1.47 bits per heavy atom. The second-order valence-corrected chi connectivity index (χ2v) is 4.87. The monoisotopic (exact) mass is 278 g/mol. The van der Waals surface area contributed by atoms with Crippen molar-refractivity contribution in [2.24, 2.45) is 0 Å². The SMILES string of the molecule is Cc1ccc(Br)cc1-c1ncsc1C#N. The number of hydrogen-bond acceptors (Lipinski definition) is 3. The lowest BCUT2D eigenvalue weighted by molar-refractivity contribution is 1.35. The Labute approximate surface area is 100 Å². The average molecular weight is 279 g/mol. The molecular weight excluding hydrogens is 272 g/mol. The van der Waals surface area contributed by atoms with E-state index in [9.17, 15) is 0 Å². The van der Waals surface area contributed by atoms with E-state index in [-0.39, 0.29) is 0 Å². The molecule has 0 unspecified atom stereocenters. The van der Waals surface area contributed by atoms with Crippen LogP contribution in [0.15, 0.2) is 28.2 Å². The average Bonchev–Trinajstić information content (AvgIpc) is 2.69. The lowest BCUT2D eigenvalue weighted by Crippen LogP contribution is -1.85. The van der Waals surface area contributed by atoms with Crippen molar-refractivity contribution in [1.29, 1.82) is 5.26 Å². The van der Waals surface area contributed by atoms with Crippen LogP contribution in [-0.2, 0) is 0 Å². The maximum absolute atomic E-state index is 8.94. The molecule has 0 N–H and O–H groups in total. The third kappa shape index (κ3) is 1.94. The summed E-state index contributed by atoms with van der Waals surface area (Å²) >= 11 is 4.79. The standard InChI is InChI=1S/C11H7BrN2S/c1-7-2-3-8(12)4-9(7)11-10(5-13)15-6-14-11/h2-4,6H,1H3. The molecule has 1 aromatic heterocycles. The minimum Gasteiger partial charge on any atom is -0.243 e. The Morgan fingerprint density at radius 3 is 3.00 bits per heavy atom. The fraction of sp³-hybridized carbons (Fsp3) is 0.0909. The molecule has 2 aromatic rings. The quantitative estimate of drug-likeness (QED) is 0.797. The predicted octanol–water partition coefficient (Wildman–Crippen LogP) is 3.75. The minimum absolute atomic E-state index is 0.663. The van der Waals surface area contributed by atoms with Crippen molar-refractivity contribution in [2.45, 2.75) is 6.92 Å². The topological polar surface area (TPSA) is 36.7 Å². The minimum atomic E-state index is 0.663. The Hall–Kier alpha value is -1.18. The molecule has 0 aliphatic heterocycles. The highest BCUT2D eigenvalue weighted by molar-refractivity contribution is 9.10. The smallest absolute Gasteiger partial charge is 0.132 e. The first-order valence-corrected chi connectivity index (χ1v) is 5.99. The van der Waals surface area contributed by atoms with Gasteiger partial charge >= 0.3 is 0 Å². The predicted molar refractivity (Wildman–Crippen MR) is 64.7 cm³/mol. The summed E-state index contributed by atoms with van der Waals surface area (Å²) in [6.07, 6.45) is 0. The summed E-state index contributed by atoms with van der Waals surface area (Å²) in [7, 11) is 0. The van der Waals surface area contributed by atoms with Crippen molar-refractivity contribution in [3.05, 3.63) is 38.6 Å². The molecule has 0 fully saturated rings. The van der Waals surface area contributed by atoms with Crippen molar-refractivity contribution in [3.63, 3.8) is 0 Å². The van der Waals surface area contributed by atoms with E-state index in [1.165, 1.54) is 11.3 Å². The van der Waals surface area contributed by atoms with Crippen LogP contribution >= 0.6 is 27.3 Å². The number of thiazole rings is 1. The molecule has 0 saturated heterocycles. The zero-order valence-corrected chi connectivity index (χ0v) is 10.4. The van der Waals surface area contributed by atoms with Gasteiger partial charge in [-0.2, -0.15) is 5.26 Å². The molecule has 0 aliphatic carbocycles. The van der Waals surface area contributed by atoms with Crippen molar-refractivity contribution in [3.8, 4) is 17.3 Å². The zero-order valence-electron chi connectivity index (χ0n) is 7.99. The summed E-state index contributed by atoms with van der Waals surface area (Å²) in [6.45, 7) is 2.02. The van der Waals surface area contributed by atoms with Gasteiger partial charge in [0, 0.05) is 10.0 Å². The van der Waals surface area contributed by atoms with E-state index in [2.05, 4.69) is 27.0 Å². The number of aryl methyl sites for hydroxylation is 1. The highest BCUT2D eigenvalue weighted by atomic mass is 79.9. The van der Waals surface area contributed by atoms with Gasteiger partial charge in [0.15, 0.2) is 0 Å². The Bertz CT molecular complexity index is 540. The molecule has 0 saturated carbocycles. The second-order valence-electron chi connectivity index (χ2n) is 3.10. The number of halogens is 1. The van der Waals surface area contributed by atoms with Crippen LogP contribution in [0.25, 0.3) is 11.3 Å². The largest absolute Gasteiger partial charge is 0.243 e. The first-order chi connectivity index (χ1) is 7.22. The zero-order chi connectivity index (χ0) is 10.8. The number of hydrogen-bond donors (Lipinski definition) is 0. The maximum atomic E-state index is 8.94. The molecule has 0 radical (unpaired) electrons. The van der Waals surface area contributed by atoms with Gasteiger partial charge in [-0.3, -0.25) is 0 Å². The van der Waals surface area contributed by atoms with E-state index in [0.29, 0.717) is 4.88 Å². The fourth-order valence-corrected chi connectivity index (χ4v) is 2.32. The van der Waals surface area contributed by atoms with E-state index in [4.69, 9.17) is 5.26 Å². The van der Waals surface area contributed by atoms with Gasteiger partial charge in [-0.05, 0) is 24.6 Å². The molecule has 2 nitrogen and oxygen atoms in total. The fourth-order valence-electron chi connectivity index (χ4n) is 1.37. The number of nitriles is 1. The van der Waals surface area contributed by atoms with Crippen LogP contribution in [0.3, 0.4) is 0 Å².